The summed E-state index contributed by atoms with van der Waals surface area (Å²) in [6.45, 7) is 11.7. The molecular weight excluding hydrogens is 210 g/mol. The second kappa shape index (κ2) is 5.33. The van der Waals surface area contributed by atoms with Crippen molar-refractivity contribution in [1.82, 2.24) is 5.32 Å². The molecule has 0 amide bonds. The zero-order valence-corrected chi connectivity index (χ0v) is 10.7. The van der Waals surface area contributed by atoms with Gasteiger partial charge < -0.3 is 10.1 Å². The number of hydrogen-bond acceptors (Lipinski definition) is 2. The van der Waals surface area contributed by atoms with Crippen LogP contribution in [0.1, 0.15) is 33.6 Å². The molecular formula is C12H22ClNO. The summed E-state index contributed by atoms with van der Waals surface area (Å²) in [6.07, 6.45) is 2.61. The van der Waals surface area contributed by atoms with Crippen molar-refractivity contribution >= 4 is 11.6 Å². The van der Waals surface area contributed by atoms with E-state index in [1.165, 1.54) is 0 Å². The van der Waals surface area contributed by atoms with E-state index in [1.54, 1.807) is 0 Å². The zero-order chi connectivity index (χ0) is 11.5. The Labute approximate surface area is 98.0 Å². The van der Waals surface area contributed by atoms with Crippen LogP contribution in [-0.2, 0) is 4.74 Å². The third kappa shape index (κ3) is 2.74. The van der Waals surface area contributed by atoms with Gasteiger partial charge in [0.05, 0.1) is 6.10 Å². The Bertz CT molecular complexity index is 232. The lowest BCUT2D eigenvalue weighted by Gasteiger charge is -2.53. The molecule has 0 aromatic carbocycles. The second-order valence-corrected chi connectivity index (χ2v) is 5.02. The van der Waals surface area contributed by atoms with Gasteiger partial charge >= 0.3 is 0 Å². The number of nitrogens with one attached hydrogen (secondary N) is 1. The number of hydrogen-bond donors (Lipinski definition) is 1. The maximum Gasteiger partial charge on any atom is 0.0658 e. The summed E-state index contributed by atoms with van der Waals surface area (Å²) in [5.74, 6) is 0. The molecule has 0 aromatic rings. The molecule has 0 aromatic heterocycles. The fourth-order valence-corrected chi connectivity index (χ4v) is 2.38. The minimum atomic E-state index is 0.252. The average Bonchev–Trinajstić information content (AvgIpc) is 2.20. The van der Waals surface area contributed by atoms with Crippen LogP contribution in [0.25, 0.3) is 0 Å². The molecule has 15 heavy (non-hydrogen) atoms. The Kier molecular flexibility index (Phi) is 4.63. The van der Waals surface area contributed by atoms with E-state index in [9.17, 15) is 0 Å². The lowest BCUT2D eigenvalue weighted by atomic mass is 9.61. The SMILES string of the molecule is C=C(Cl)CNC1CC(OCC)C1(C)CC. The van der Waals surface area contributed by atoms with Gasteiger partial charge in [0.2, 0.25) is 0 Å². The Balaban J connectivity index is 2.45. The molecule has 0 spiro atoms. The van der Waals surface area contributed by atoms with Gasteiger partial charge in [0.25, 0.3) is 0 Å². The highest BCUT2D eigenvalue weighted by molar-refractivity contribution is 6.29. The summed E-state index contributed by atoms with van der Waals surface area (Å²) in [7, 11) is 0. The monoisotopic (exact) mass is 231 g/mol. The Morgan fingerprint density at radius 2 is 2.27 bits per heavy atom. The van der Waals surface area contributed by atoms with Gasteiger partial charge in [-0.25, -0.2) is 0 Å². The van der Waals surface area contributed by atoms with Crippen LogP contribution in [0.15, 0.2) is 11.6 Å². The van der Waals surface area contributed by atoms with Crippen LogP contribution in [0.3, 0.4) is 0 Å². The van der Waals surface area contributed by atoms with Crippen molar-refractivity contribution in [1.29, 1.82) is 0 Å². The molecule has 1 aliphatic carbocycles. The molecule has 0 saturated heterocycles. The number of rotatable bonds is 6. The molecule has 1 saturated carbocycles. The van der Waals surface area contributed by atoms with Crippen LogP contribution in [-0.4, -0.2) is 25.3 Å². The Morgan fingerprint density at radius 1 is 1.60 bits per heavy atom. The zero-order valence-electron chi connectivity index (χ0n) is 9.98. The van der Waals surface area contributed by atoms with Crippen LogP contribution < -0.4 is 5.32 Å². The first-order valence-electron chi connectivity index (χ1n) is 5.72. The first-order valence-corrected chi connectivity index (χ1v) is 6.10. The van der Waals surface area contributed by atoms with Gasteiger partial charge in [-0.3, -0.25) is 0 Å². The molecule has 0 heterocycles. The summed E-state index contributed by atoms with van der Waals surface area (Å²) in [5, 5.41) is 4.11. The molecule has 3 unspecified atom stereocenters. The topological polar surface area (TPSA) is 21.3 Å². The highest BCUT2D eigenvalue weighted by atomic mass is 35.5. The van der Waals surface area contributed by atoms with E-state index in [4.69, 9.17) is 16.3 Å². The Hall–Kier alpha value is -0.0500. The summed E-state index contributed by atoms with van der Waals surface area (Å²) >= 11 is 5.75. The first-order chi connectivity index (χ1) is 7.04. The maximum atomic E-state index is 5.75. The van der Waals surface area contributed by atoms with Crippen molar-refractivity contribution < 1.29 is 4.74 Å². The van der Waals surface area contributed by atoms with Gasteiger partial charge in [-0.1, -0.05) is 32.0 Å². The molecule has 0 aliphatic heterocycles. The molecule has 0 radical (unpaired) electrons. The number of ether oxygens (including phenoxy) is 1. The first kappa shape index (κ1) is 13.0. The van der Waals surface area contributed by atoms with Crippen molar-refractivity contribution in [3.05, 3.63) is 11.6 Å². The third-order valence-electron chi connectivity index (χ3n) is 3.65. The number of halogens is 1. The molecule has 1 fully saturated rings. The third-order valence-corrected chi connectivity index (χ3v) is 3.78. The normalized spacial score (nSPS) is 34.9. The van der Waals surface area contributed by atoms with Crippen molar-refractivity contribution in [2.45, 2.75) is 45.8 Å². The molecule has 3 heteroatoms. The standard InChI is InChI=1S/C12H22ClNO/c1-5-12(4)10(14-8-9(3)13)7-11(12)15-6-2/h10-11,14H,3,5-8H2,1-2,4H3. The van der Waals surface area contributed by atoms with E-state index in [2.05, 4.69) is 32.7 Å². The van der Waals surface area contributed by atoms with Crippen molar-refractivity contribution in [3.8, 4) is 0 Å². The minimum Gasteiger partial charge on any atom is -0.378 e. The van der Waals surface area contributed by atoms with Gasteiger partial charge in [0.15, 0.2) is 0 Å². The smallest absolute Gasteiger partial charge is 0.0658 e. The summed E-state index contributed by atoms with van der Waals surface area (Å²) in [4.78, 5) is 0. The van der Waals surface area contributed by atoms with Crippen LogP contribution in [0, 0.1) is 5.41 Å². The maximum absolute atomic E-state index is 5.75. The second-order valence-electron chi connectivity index (χ2n) is 4.49. The fraction of sp³-hybridized carbons (Fsp3) is 0.833. The lowest BCUT2D eigenvalue weighted by molar-refractivity contribution is -0.124. The Morgan fingerprint density at radius 3 is 2.73 bits per heavy atom. The van der Waals surface area contributed by atoms with Crippen LogP contribution >= 0.6 is 11.6 Å². The van der Waals surface area contributed by atoms with Gasteiger partial charge in [-0.05, 0) is 19.8 Å². The predicted octanol–water partition coefficient (Wildman–Crippen LogP) is 2.92. The van der Waals surface area contributed by atoms with Crippen LogP contribution in [0.4, 0.5) is 0 Å². The molecule has 0 bridgehead atoms. The summed E-state index contributed by atoms with van der Waals surface area (Å²) < 4.78 is 5.73. The highest BCUT2D eigenvalue weighted by Gasteiger charge is 2.50. The minimum absolute atomic E-state index is 0.252. The van der Waals surface area contributed by atoms with Crippen molar-refractivity contribution in [3.63, 3.8) is 0 Å². The van der Waals surface area contributed by atoms with Gasteiger partial charge in [0.1, 0.15) is 0 Å². The molecule has 3 atom stereocenters. The van der Waals surface area contributed by atoms with E-state index in [0.717, 1.165) is 19.4 Å². The average molecular weight is 232 g/mol. The van der Waals surface area contributed by atoms with Crippen molar-refractivity contribution in [2.75, 3.05) is 13.2 Å². The van der Waals surface area contributed by atoms with Crippen molar-refractivity contribution in [2.24, 2.45) is 5.41 Å². The molecule has 1 rings (SSSR count). The molecule has 1 aliphatic rings. The molecule has 1 N–H and O–H groups in total. The van der Waals surface area contributed by atoms with Crippen LogP contribution in [0.5, 0.6) is 0 Å². The van der Waals surface area contributed by atoms with Gasteiger partial charge in [0, 0.05) is 29.6 Å². The summed E-state index contributed by atoms with van der Waals surface area (Å²) in [6, 6.07) is 0.509. The fourth-order valence-electron chi connectivity index (χ4n) is 2.30. The van der Waals surface area contributed by atoms with E-state index in [1.807, 2.05) is 0 Å². The van der Waals surface area contributed by atoms with E-state index in [0.29, 0.717) is 23.7 Å². The van der Waals surface area contributed by atoms with E-state index < -0.39 is 0 Å². The quantitative estimate of drug-likeness (QED) is 0.759. The summed E-state index contributed by atoms with van der Waals surface area (Å²) in [5.41, 5.74) is 0.252. The highest BCUT2D eigenvalue weighted by Crippen LogP contribution is 2.45. The van der Waals surface area contributed by atoms with Gasteiger partial charge in [-0.15, -0.1) is 0 Å². The van der Waals surface area contributed by atoms with E-state index in [-0.39, 0.29) is 5.41 Å². The van der Waals surface area contributed by atoms with E-state index >= 15 is 0 Å². The molecule has 88 valence electrons. The predicted molar refractivity (Wildman–Crippen MR) is 65.2 cm³/mol. The molecule has 2 nitrogen and oxygen atoms in total. The lowest BCUT2D eigenvalue weighted by Crippen LogP contribution is -2.62. The largest absolute Gasteiger partial charge is 0.378 e. The van der Waals surface area contributed by atoms with Crippen LogP contribution in [0.2, 0.25) is 0 Å². The van der Waals surface area contributed by atoms with Gasteiger partial charge in [-0.2, -0.15) is 0 Å².